The van der Waals surface area contributed by atoms with Gasteiger partial charge in [0.2, 0.25) is 0 Å². The van der Waals surface area contributed by atoms with E-state index >= 15 is 0 Å². The number of anilines is 1. The monoisotopic (exact) mass is 409 g/mol. The molecule has 2 amide bonds. The zero-order valence-electron chi connectivity index (χ0n) is 15.4. The Morgan fingerprint density at radius 3 is 2.39 bits per heavy atom. The molecule has 0 fully saturated rings. The summed E-state index contributed by atoms with van der Waals surface area (Å²) in [6, 6.07) is 1.37. The Morgan fingerprint density at radius 1 is 1.25 bits per heavy atom. The van der Waals surface area contributed by atoms with Crippen molar-refractivity contribution in [2.45, 2.75) is 57.0 Å². The van der Waals surface area contributed by atoms with E-state index in [1.54, 1.807) is 0 Å². The first-order valence-corrected chi connectivity index (χ1v) is 10.7. The number of urea groups is 1. The highest BCUT2D eigenvalue weighted by Gasteiger charge is 2.26. The molecule has 0 spiro atoms. The van der Waals surface area contributed by atoms with Crippen molar-refractivity contribution in [1.82, 2.24) is 9.78 Å². The summed E-state index contributed by atoms with van der Waals surface area (Å²) in [7, 11) is -3.75. The maximum atomic E-state index is 12.8. The maximum Gasteiger partial charge on any atom is 0.354 e. The van der Waals surface area contributed by atoms with Crippen LogP contribution in [0.15, 0.2) is 21.7 Å². The topological polar surface area (TPSA) is 102 Å². The average Bonchev–Trinajstić information content (AvgIpc) is 3.32. The van der Waals surface area contributed by atoms with Crippen LogP contribution in [0.4, 0.5) is 19.3 Å². The number of halogens is 2. The van der Waals surface area contributed by atoms with Crippen molar-refractivity contribution < 1.29 is 17.8 Å². The first-order chi connectivity index (χ1) is 13.3. The zero-order chi connectivity index (χ0) is 20.1. The molecular formula is C18H21F2N5O2S. The SMILES string of the molecule is Cc1cn(C(F)F)nc1S(N)(=O)=NC(=O)Nc1c2c(cc3c1CCC3)CCC2. The second-order valence-corrected chi connectivity index (χ2v) is 8.91. The van der Waals surface area contributed by atoms with E-state index in [0.717, 1.165) is 61.5 Å². The molecule has 1 aromatic carbocycles. The van der Waals surface area contributed by atoms with Crippen LogP contribution in [0.25, 0.3) is 0 Å². The molecule has 150 valence electrons. The number of nitrogens with zero attached hydrogens (tertiary/aromatic N) is 3. The van der Waals surface area contributed by atoms with Gasteiger partial charge in [-0.25, -0.2) is 18.8 Å². The third-order valence-electron chi connectivity index (χ3n) is 5.27. The van der Waals surface area contributed by atoms with Crippen LogP contribution in [0, 0.1) is 6.92 Å². The Morgan fingerprint density at radius 2 is 1.86 bits per heavy atom. The molecule has 1 aromatic heterocycles. The van der Waals surface area contributed by atoms with Gasteiger partial charge in [0.05, 0.1) is 0 Å². The lowest BCUT2D eigenvalue weighted by Crippen LogP contribution is -2.20. The lowest BCUT2D eigenvalue weighted by atomic mass is 9.99. The van der Waals surface area contributed by atoms with Crippen LogP contribution in [-0.2, 0) is 35.6 Å². The van der Waals surface area contributed by atoms with Gasteiger partial charge in [-0.2, -0.15) is 13.9 Å². The van der Waals surface area contributed by atoms with Crippen molar-refractivity contribution in [3.63, 3.8) is 0 Å². The molecule has 0 radical (unpaired) electrons. The fourth-order valence-corrected chi connectivity index (χ4v) is 5.22. The number of hydrogen-bond acceptors (Lipinski definition) is 3. The average molecular weight is 409 g/mol. The van der Waals surface area contributed by atoms with Crippen LogP contribution in [0.3, 0.4) is 0 Å². The predicted octanol–water partition coefficient (Wildman–Crippen LogP) is 3.50. The summed E-state index contributed by atoms with van der Waals surface area (Å²) < 4.78 is 42.3. The molecule has 7 nitrogen and oxygen atoms in total. The molecule has 2 aliphatic rings. The number of benzene rings is 1. The van der Waals surface area contributed by atoms with Crippen molar-refractivity contribution in [2.24, 2.45) is 9.50 Å². The number of rotatable bonds is 3. The highest BCUT2D eigenvalue weighted by Crippen LogP contribution is 2.38. The Kier molecular flexibility index (Phi) is 4.70. The summed E-state index contributed by atoms with van der Waals surface area (Å²) in [5.41, 5.74) is 5.61. The molecule has 0 bridgehead atoms. The molecule has 10 heteroatoms. The number of hydrogen-bond donors (Lipinski definition) is 2. The van der Waals surface area contributed by atoms with Gasteiger partial charge in [-0.15, -0.1) is 4.36 Å². The van der Waals surface area contributed by atoms with Crippen LogP contribution >= 0.6 is 0 Å². The third-order valence-corrected chi connectivity index (χ3v) is 6.66. The molecule has 1 unspecified atom stereocenters. The number of nitrogens with two attached hydrogens (primary N) is 1. The second kappa shape index (κ2) is 6.93. The van der Waals surface area contributed by atoms with E-state index < -0.39 is 22.5 Å². The van der Waals surface area contributed by atoms with Gasteiger partial charge >= 0.3 is 12.6 Å². The normalized spacial score (nSPS) is 17.3. The Bertz CT molecular complexity index is 1050. The van der Waals surface area contributed by atoms with Crippen molar-refractivity contribution in [1.29, 1.82) is 0 Å². The van der Waals surface area contributed by atoms with Crippen LogP contribution in [-0.4, -0.2) is 20.0 Å². The maximum absolute atomic E-state index is 12.8. The van der Waals surface area contributed by atoms with E-state index in [-0.39, 0.29) is 10.6 Å². The van der Waals surface area contributed by atoms with Crippen LogP contribution in [0.1, 0.15) is 47.2 Å². The zero-order valence-corrected chi connectivity index (χ0v) is 16.2. The second-order valence-electron chi connectivity index (χ2n) is 7.20. The highest BCUT2D eigenvalue weighted by atomic mass is 32.2. The molecule has 0 aliphatic heterocycles. The van der Waals surface area contributed by atoms with E-state index in [1.807, 2.05) is 0 Å². The first-order valence-electron chi connectivity index (χ1n) is 9.12. The van der Waals surface area contributed by atoms with Crippen molar-refractivity contribution in [2.75, 3.05) is 5.32 Å². The van der Waals surface area contributed by atoms with Crippen LogP contribution in [0.5, 0.6) is 0 Å². The Hall–Kier alpha value is -2.33. The number of nitrogens with one attached hydrogen (secondary N) is 1. The molecule has 3 N–H and O–H groups in total. The van der Waals surface area contributed by atoms with Crippen LogP contribution < -0.4 is 10.5 Å². The Labute approximate surface area is 161 Å². The lowest BCUT2D eigenvalue weighted by Gasteiger charge is -2.15. The van der Waals surface area contributed by atoms with Gasteiger partial charge in [-0.1, -0.05) is 6.07 Å². The minimum atomic E-state index is -3.75. The summed E-state index contributed by atoms with van der Waals surface area (Å²) in [6.45, 7) is -1.45. The number of aromatic nitrogens is 2. The molecule has 4 rings (SSSR count). The van der Waals surface area contributed by atoms with Gasteiger partial charge in [-0.05, 0) is 67.7 Å². The van der Waals surface area contributed by atoms with Crippen molar-refractivity contribution >= 4 is 21.6 Å². The fourth-order valence-electron chi connectivity index (χ4n) is 4.12. The smallest absolute Gasteiger partial charge is 0.305 e. The molecule has 0 saturated heterocycles. The third kappa shape index (κ3) is 3.30. The van der Waals surface area contributed by atoms with E-state index in [1.165, 1.54) is 18.1 Å². The van der Waals surface area contributed by atoms with Gasteiger partial charge < -0.3 is 5.32 Å². The predicted molar refractivity (Wildman–Crippen MR) is 101 cm³/mol. The quantitative estimate of drug-likeness (QED) is 0.811. The molecular weight excluding hydrogens is 388 g/mol. The molecule has 28 heavy (non-hydrogen) atoms. The minimum absolute atomic E-state index is 0.186. The molecule has 2 aromatic rings. The summed E-state index contributed by atoms with van der Waals surface area (Å²) in [4.78, 5) is 12.5. The standard InChI is InChI=1S/C18H21F2N5O2S/c1-10-9-25(17(19)20)23-16(10)28(21,27)24-18(26)22-15-13-6-2-4-11(13)8-12-5-3-7-14(12)15/h8-9,17H,2-7H2,1H3,(H3,21,22,24,26,27). The van der Waals surface area contributed by atoms with Gasteiger partial charge in [-0.3, -0.25) is 0 Å². The molecule has 1 heterocycles. The first kappa shape index (κ1) is 19.0. The number of carbonyl (C=O) groups is 1. The number of fused-ring (bicyclic) bond motifs is 2. The number of alkyl halides is 2. The van der Waals surface area contributed by atoms with Crippen LogP contribution in [0.2, 0.25) is 0 Å². The Balaban J connectivity index is 1.68. The number of amides is 2. The summed E-state index contributed by atoms with van der Waals surface area (Å²) >= 11 is 0. The highest BCUT2D eigenvalue weighted by molar-refractivity contribution is 7.91. The van der Waals surface area contributed by atoms with Gasteiger partial charge in [0.25, 0.3) is 0 Å². The fraction of sp³-hybridized carbons (Fsp3) is 0.444. The summed E-state index contributed by atoms with van der Waals surface area (Å²) in [6.07, 6.45) is 6.76. The van der Waals surface area contributed by atoms with E-state index in [2.05, 4.69) is 20.8 Å². The number of carbonyl (C=O) groups excluding carboxylic acids is 1. The van der Waals surface area contributed by atoms with Gasteiger partial charge in [0.1, 0.15) is 0 Å². The van der Waals surface area contributed by atoms with Gasteiger partial charge in [0, 0.05) is 17.4 Å². The molecule has 0 saturated carbocycles. The largest absolute Gasteiger partial charge is 0.354 e. The van der Waals surface area contributed by atoms with E-state index in [4.69, 9.17) is 5.14 Å². The number of aryl methyl sites for hydroxylation is 3. The van der Waals surface area contributed by atoms with E-state index in [0.29, 0.717) is 4.68 Å². The van der Waals surface area contributed by atoms with Crippen molar-refractivity contribution in [3.05, 3.63) is 40.1 Å². The molecule has 2 aliphatic carbocycles. The minimum Gasteiger partial charge on any atom is -0.305 e. The summed E-state index contributed by atoms with van der Waals surface area (Å²) in [5, 5.41) is 11.7. The lowest BCUT2D eigenvalue weighted by molar-refractivity contribution is 0.0553. The van der Waals surface area contributed by atoms with Gasteiger partial charge in [0.15, 0.2) is 14.9 Å². The van der Waals surface area contributed by atoms with Crippen molar-refractivity contribution in [3.8, 4) is 0 Å². The summed E-state index contributed by atoms with van der Waals surface area (Å²) in [5.74, 6) is 0. The molecule has 1 atom stereocenters. The van der Waals surface area contributed by atoms with E-state index in [9.17, 15) is 17.8 Å².